The monoisotopic (exact) mass is 395 g/mol. The van der Waals surface area contributed by atoms with Crippen LogP contribution in [0.1, 0.15) is 12.7 Å². The highest BCUT2D eigenvalue weighted by atomic mass is 79.9. The number of quaternary nitrogens is 1. The van der Waals surface area contributed by atoms with Crippen LogP contribution in [0.3, 0.4) is 0 Å². The van der Waals surface area contributed by atoms with Crippen molar-refractivity contribution >= 4 is 27.9 Å². The molecule has 0 saturated heterocycles. The third kappa shape index (κ3) is 4.69. The Morgan fingerprint density at radius 1 is 1.25 bits per heavy atom. The Labute approximate surface area is 148 Å². The van der Waals surface area contributed by atoms with Crippen molar-refractivity contribution in [1.82, 2.24) is 5.32 Å². The van der Waals surface area contributed by atoms with E-state index in [0.717, 1.165) is 26.5 Å². The fourth-order valence-electron chi connectivity index (χ4n) is 2.15. The highest BCUT2D eigenvalue weighted by Crippen LogP contribution is 2.23. The van der Waals surface area contributed by atoms with Crippen molar-refractivity contribution in [2.45, 2.75) is 19.5 Å². The van der Waals surface area contributed by atoms with Gasteiger partial charge in [-0.1, -0.05) is 28.1 Å². The highest BCUT2D eigenvalue weighted by molar-refractivity contribution is 9.10. The minimum absolute atomic E-state index is 0.390. The van der Waals surface area contributed by atoms with E-state index >= 15 is 0 Å². The number of imide groups is 1. The molecule has 0 fully saturated rings. The normalized spacial score (nSPS) is 13.2. The van der Waals surface area contributed by atoms with Crippen molar-refractivity contribution in [3.8, 4) is 11.3 Å². The van der Waals surface area contributed by atoms with Gasteiger partial charge in [0.05, 0.1) is 14.2 Å². The number of amides is 2. The number of likely N-dealkylation sites (N-methyl/N-ethyl adjacent to an activating group) is 1. The Kier molecular flexibility index (Phi) is 6.16. The summed E-state index contributed by atoms with van der Waals surface area (Å²) in [5.41, 5.74) is 0.985. The predicted molar refractivity (Wildman–Crippen MR) is 92.4 cm³/mol. The summed E-state index contributed by atoms with van der Waals surface area (Å²) in [5.74, 6) is 1.15. The van der Waals surface area contributed by atoms with Crippen LogP contribution < -0.4 is 10.2 Å². The molecule has 24 heavy (non-hydrogen) atoms. The summed E-state index contributed by atoms with van der Waals surface area (Å²) >= 11 is 3.40. The van der Waals surface area contributed by atoms with Crippen LogP contribution >= 0.6 is 15.9 Å². The maximum Gasteiger partial charge on any atom is 0.413 e. The fraction of sp³-hybridized carbons (Fsp3) is 0.294. The van der Waals surface area contributed by atoms with E-state index in [-0.39, 0.29) is 5.91 Å². The maximum atomic E-state index is 11.9. The SMILES string of the molecule is COC(=O)NC(=O)[C@H](C)[NH+](C)Cc1ccc(-c2ccc(Br)cc2)o1. The third-order valence-electron chi connectivity index (χ3n) is 3.79. The van der Waals surface area contributed by atoms with Gasteiger partial charge in [-0.15, -0.1) is 0 Å². The topological polar surface area (TPSA) is 73.0 Å². The quantitative estimate of drug-likeness (QED) is 0.811. The van der Waals surface area contributed by atoms with Crippen molar-refractivity contribution in [1.29, 1.82) is 0 Å². The molecule has 0 saturated carbocycles. The zero-order valence-corrected chi connectivity index (χ0v) is 15.3. The molecule has 6 nitrogen and oxygen atoms in total. The number of halogens is 1. The van der Waals surface area contributed by atoms with Crippen LogP contribution in [0.15, 0.2) is 45.3 Å². The molecule has 2 rings (SSSR count). The molecular formula is C17H20BrN2O4+. The Morgan fingerprint density at radius 2 is 1.92 bits per heavy atom. The lowest BCUT2D eigenvalue weighted by molar-refractivity contribution is -0.909. The van der Waals surface area contributed by atoms with E-state index in [2.05, 4.69) is 26.0 Å². The molecule has 1 heterocycles. The molecule has 1 unspecified atom stereocenters. The molecule has 1 aromatic carbocycles. The highest BCUT2D eigenvalue weighted by Gasteiger charge is 2.24. The number of ether oxygens (including phenoxy) is 1. The molecule has 128 valence electrons. The average molecular weight is 396 g/mol. The van der Waals surface area contributed by atoms with E-state index in [1.165, 1.54) is 7.11 Å². The van der Waals surface area contributed by atoms with Crippen molar-refractivity contribution in [2.75, 3.05) is 14.2 Å². The number of furan rings is 1. The van der Waals surface area contributed by atoms with E-state index in [1.54, 1.807) is 6.92 Å². The lowest BCUT2D eigenvalue weighted by Crippen LogP contribution is -3.12. The van der Waals surface area contributed by atoms with E-state index in [4.69, 9.17) is 4.42 Å². The number of carbonyl (C=O) groups excluding carboxylic acids is 2. The first-order valence-corrected chi connectivity index (χ1v) is 8.25. The fourth-order valence-corrected chi connectivity index (χ4v) is 2.42. The number of benzene rings is 1. The van der Waals surface area contributed by atoms with Gasteiger partial charge in [0.1, 0.15) is 12.3 Å². The van der Waals surface area contributed by atoms with Crippen LogP contribution in [0.5, 0.6) is 0 Å². The molecule has 2 amide bonds. The average Bonchev–Trinajstić information content (AvgIpc) is 3.02. The molecule has 0 aliphatic rings. The van der Waals surface area contributed by atoms with Gasteiger partial charge in [-0.25, -0.2) is 4.79 Å². The number of alkyl carbamates (subject to hydrolysis) is 1. The van der Waals surface area contributed by atoms with Gasteiger partial charge in [-0.2, -0.15) is 0 Å². The number of hydrogen-bond donors (Lipinski definition) is 2. The minimum atomic E-state index is -0.754. The largest absolute Gasteiger partial charge is 0.455 e. The van der Waals surface area contributed by atoms with Gasteiger partial charge in [0.2, 0.25) is 0 Å². The molecule has 2 atom stereocenters. The number of nitrogens with one attached hydrogen (secondary N) is 2. The number of hydrogen-bond acceptors (Lipinski definition) is 4. The Hall–Kier alpha value is -2.12. The van der Waals surface area contributed by atoms with Crippen LogP contribution in [-0.2, 0) is 16.1 Å². The van der Waals surface area contributed by atoms with Gasteiger partial charge in [0.15, 0.2) is 11.8 Å². The number of methoxy groups -OCH3 is 1. The van der Waals surface area contributed by atoms with Gasteiger partial charge < -0.3 is 14.1 Å². The second-order valence-corrected chi connectivity index (χ2v) is 6.41. The van der Waals surface area contributed by atoms with Gasteiger partial charge in [-0.05, 0) is 31.2 Å². The van der Waals surface area contributed by atoms with Crippen LogP contribution in [-0.4, -0.2) is 32.2 Å². The first-order valence-electron chi connectivity index (χ1n) is 7.46. The molecule has 1 aromatic heterocycles. The summed E-state index contributed by atoms with van der Waals surface area (Å²) in [7, 11) is 3.08. The van der Waals surface area contributed by atoms with E-state index in [1.807, 2.05) is 43.4 Å². The molecule has 0 bridgehead atoms. The van der Waals surface area contributed by atoms with E-state index in [9.17, 15) is 9.59 Å². The van der Waals surface area contributed by atoms with Crippen LogP contribution in [0, 0.1) is 0 Å². The van der Waals surface area contributed by atoms with E-state index < -0.39 is 12.1 Å². The Bertz CT molecular complexity index is 712. The zero-order chi connectivity index (χ0) is 17.7. The summed E-state index contributed by atoms with van der Waals surface area (Å²) in [6.07, 6.45) is -0.754. The summed E-state index contributed by atoms with van der Waals surface area (Å²) in [4.78, 5) is 23.9. The molecule has 0 aliphatic heterocycles. The molecule has 2 aromatic rings. The van der Waals surface area contributed by atoms with Crippen LogP contribution in [0.2, 0.25) is 0 Å². The van der Waals surface area contributed by atoms with Crippen molar-refractivity contribution in [3.05, 3.63) is 46.6 Å². The molecule has 7 heteroatoms. The summed E-state index contributed by atoms with van der Waals surface area (Å²) < 4.78 is 11.3. The van der Waals surface area contributed by atoms with Gasteiger partial charge in [-0.3, -0.25) is 10.1 Å². The minimum Gasteiger partial charge on any atom is -0.455 e. The van der Waals surface area contributed by atoms with Gasteiger partial charge in [0, 0.05) is 10.0 Å². The lowest BCUT2D eigenvalue weighted by atomic mass is 10.2. The van der Waals surface area contributed by atoms with Gasteiger partial charge in [0.25, 0.3) is 5.91 Å². The summed E-state index contributed by atoms with van der Waals surface area (Å²) in [6, 6.07) is 11.2. The third-order valence-corrected chi connectivity index (χ3v) is 4.32. The summed E-state index contributed by atoms with van der Waals surface area (Å²) in [5, 5.41) is 2.18. The molecule has 0 aliphatic carbocycles. The Morgan fingerprint density at radius 3 is 2.54 bits per heavy atom. The molecular weight excluding hydrogens is 376 g/mol. The zero-order valence-electron chi connectivity index (χ0n) is 13.8. The predicted octanol–water partition coefficient (Wildman–Crippen LogP) is 1.99. The Balaban J connectivity index is 1.99. The second-order valence-electron chi connectivity index (χ2n) is 5.50. The molecule has 0 radical (unpaired) electrons. The smallest absolute Gasteiger partial charge is 0.413 e. The summed E-state index contributed by atoms with van der Waals surface area (Å²) in [6.45, 7) is 2.26. The standard InChI is InChI=1S/C17H19BrN2O4/c1-11(16(21)19-17(22)23-3)20(2)10-14-8-9-15(24-14)12-4-6-13(18)7-5-12/h4-9,11H,10H2,1-3H3,(H,19,21,22)/p+1/t11-/m0/s1. The van der Waals surface area contributed by atoms with E-state index in [0.29, 0.717) is 6.54 Å². The first kappa shape index (κ1) is 18.2. The van der Waals surface area contributed by atoms with Crippen molar-refractivity contribution in [3.63, 3.8) is 0 Å². The first-order chi connectivity index (χ1) is 11.4. The van der Waals surface area contributed by atoms with Gasteiger partial charge >= 0.3 is 6.09 Å². The number of carbonyl (C=O) groups is 2. The molecule has 2 N–H and O–H groups in total. The number of rotatable bonds is 5. The second kappa shape index (κ2) is 8.12. The van der Waals surface area contributed by atoms with Crippen LogP contribution in [0.25, 0.3) is 11.3 Å². The van der Waals surface area contributed by atoms with Crippen molar-refractivity contribution in [2.24, 2.45) is 0 Å². The maximum absolute atomic E-state index is 11.9. The van der Waals surface area contributed by atoms with Crippen molar-refractivity contribution < 1.29 is 23.6 Å². The lowest BCUT2D eigenvalue weighted by Gasteiger charge is -2.19. The van der Waals surface area contributed by atoms with Crippen LogP contribution in [0.4, 0.5) is 4.79 Å². The molecule has 0 spiro atoms.